The van der Waals surface area contributed by atoms with Crippen molar-refractivity contribution in [2.24, 2.45) is 0 Å². The lowest BCUT2D eigenvalue weighted by Gasteiger charge is -1.96. The molecule has 0 unspecified atom stereocenters. The van der Waals surface area contributed by atoms with E-state index >= 15 is 0 Å². The number of anilines is 1. The van der Waals surface area contributed by atoms with Crippen LogP contribution in [0, 0.1) is 17.8 Å². The second-order valence-electron chi connectivity index (χ2n) is 4.56. The normalized spacial score (nSPS) is 10.7. The first-order valence-electron chi connectivity index (χ1n) is 6.70. The monoisotopic (exact) mass is 325 g/mol. The summed E-state index contributed by atoms with van der Waals surface area (Å²) in [6.45, 7) is 0. The third kappa shape index (κ3) is 3.47. The number of allylic oxidation sites excluding steroid dienone is 1. The zero-order valence-corrected chi connectivity index (χ0v) is 13.0. The van der Waals surface area contributed by atoms with Gasteiger partial charge in [0.2, 0.25) is 5.95 Å². The van der Waals surface area contributed by atoms with E-state index in [2.05, 4.69) is 21.8 Å². The van der Waals surface area contributed by atoms with Gasteiger partial charge >= 0.3 is 0 Å². The van der Waals surface area contributed by atoms with E-state index in [-0.39, 0.29) is 11.4 Å². The van der Waals surface area contributed by atoms with E-state index in [0.29, 0.717) is 0 Å². The van der Waals surface area contributed by atoms with Gasteiger partial charge in [-0.2, -0.15) is 4.39 Å². The molecule has 0 spiro atoms. The van der Waals surface area contributed by atoms with Gasteiger partial charge in [0.05, 0.1) is 22.9 Å². The van der Waals surface area contributed by atoms with Gasteiger partial charge < -0.3 is 10.5 Å². The number of pyridine rings is 1. The van der Waals surface area contributed by atoms with Crippen LogP contribution in [0.15, 0.2) is 36.4 Å². The summed E-state index contributed by atoms with van der Waals surface area (Å²) >= 11 is 1.53. The molecular weight excluding hydrogens is 313 g/mol. The topological polar surface area (TPSA) is 61.0 Å². The molecule has 2 aromatic heterocycles. The molecule has 0 amide bonds. The van der Waals surface area contributed by atoms with Crippen LogP contribution in [0.4, 0.5) is 10.2 Å². The van der Waals surface area contributed by atoms with Crippen LogP contribution in [0.2, 0.25) is 0 Å². The Morgan fingerprint density at radius 1 is 1.26 bits per heavy atom. The summed E-state index contributed by atoms with van der Waals surface area (Å²) in [5.74, 6) is 5.72. The van der Waals surface area contributed by atoms with E-state index in [0.717, 1.165) is 21.0 Å². The second kappa shape index (κ2) is 6.46. The zero-order valence-electron chi connectivity index (χ0n) is 12.2. The number of nitrogens with two attached hydrogens (primary N) is 1. The number of aromatic nitrogens is 2. The quantitative estimate of drug-likeness (QED) is 0.579. The van der Waals surface area contributed by atoms with Gasteiger partial charge in [0.15, 0.2) is 0 Å². The van der Waals surface area contributed by atoms with Crippen molar-refractivity contribution in [3.63, 3.8) is 0 Å². The average Bonchev–Trinajstić information content (AvgIpc) is 2.94. The predicted molar refractivity (Wildman–Crippen MR) is 90.7 cm³/mol. The summed E-state index contributed by atoms with van der Waals surface area (Å²) in [4.78, 5) is 7.99. The van der Waals surface area contributed by atoms with Gasteiger partial charge in [-0.25, -0.2) is 9.97 Å². The summed E-state index contributed by atoms with van der Waals surface area (Å²) in [5, 5.41) is 0.818. The zero-order chi connectivity index (χ0) is 16.2. The number of nitrogens with zero attached hydrogens (tertiary/aromatic N) is 2. The number of nitrogen functional groups attached to an aromatic ring is 1. The maximum atomic E-state index is 13.5. The number of hydrogen-bond donors (Lipinski definition) is 1. The highest BCUT2D eigenvalue weighted by Gasteiger charge is 2.02. The Morgan fingerprint density at radius 3 is 2.91 bits per heavy atom. The van der Waals surface area contributed by atoms with Crippen LogP contribution in [-0.2, 0) is 0 Å². The van der Waals surface area contributed by atoms with E-state index in [1.54, 1.807) is 19.3 Å². The molecule has 1 aromatic carbocycles. The van der Waals surface area contributed by atoms with Crippen LogP contribution in [0.3, 0.4) is 0 Å². The van der Waals surface area contributed by atoms with Crippen LogP contribution < -0.4 is 10.5 Å². The van der Waals surface area contributed by atoms with Gasteiger partial charge in [0.1, 0.15) is 16.6 Å². The third-order valence-corrected chi connectivity index (χ3v) is 3.98. The molecular formula is C17H12FN3OS. The minimum atomic E-state index is -0.669. The summed E-state index contributed by atoms with van der Waals surface area (Å²) < 4.78 is 19.7. The third-order valence-electron chi connectivity index (χ3n) is 3.00. The highest BCUT2D eigenvalue weighted by molar-refractivity contribution is 7.19. The van der Waals surface area contributed by atoms with Gasteiger partial charge in [-0.05, 0) is 42.5 Å². The first kappa shape index (κ1) is 15.0. The van der Waals surface area contributed by atoms with Crippen molar-refractivity contribution in [3.8, 4) is 17.6 Å². The maximum Gasteiger partial charge on any atom is 0.230 e. The van der Waals surface area contributed by atoms with Crippen molar-refractivity contribution in [2.45, 2.75) is 0 Å². The molecule has 0 radical (unpaired) electrons. The Morgan fingerprint density at radius 2 is 2.13 bits per heavy atom. The fourth-order valence-electron chi connectivity index (χ4n) is 1.89. The van der Waals surface area contributed by atoms with Crippen LogP contribution in [0.25, 0.3) is 16.3 Å². The van der Waals surface area contributed by atoms with Crippen molar-refractivity contribution in [2.75, 3.05) is 12.8 Å². The molecule has 0 saturated heterocycles. The number of methoxy groups -OCH3 is 1. The SMILES string of the molecule is COc1ccc2nc(/C=C/C#Cc3ccc(N)nc3F)sc2c1. The van der Waals surface area contributed by atoms with Gasteiger partial charge in [0.25, 0.3) is 0 Å². The molecule has 0 aliphatic rings. The van der Waals surface area contributed by atoms with E-state index in [9.17, 15) is 4.39 Å². The lowest BCUT2D eigenvalue weighted by Crippen LogP contribution is -1.94. The van der Waals surface area contributed by atoms with Crippen molar-refractivity contribution in [1.82, 2.24) is 9.97 Å². The first-order valence-corrected chi connectivity index (χ1v) is 7.52. The molecule has 6 heteroatoms. The number of ether oxygens (including phenoxy) is 1. The Hall–Kier alpha value is -2.91. The summed E-state index contributed by atoms with van der Waals surface area (Å²) in [7, 11) is 1.63. The number of rotatable bonds is 2. The Labute approximate surface area is 136 Å². The molecule has 0 fully saturated rings. The fraction of sp³-hybridized carbons (Fsp3) is 0.0588. The average molecular weight is 325 g/mol. The van der Waals surface area contributed by atoms with Crippen molar-refractivity contribution < 1.29 is 9.13 Å². The smallest absolute Gasteiger partial charge is 0.230 e. The Balaban J connectivity index is 1.79. The highest BCUT2D eigenvalue weighted by Crippen LogP contribution is 2.26. The predicted octanol–water partition coefficient (Wildman–Crippen LogP) is 3.49. The van der Waals surface area contributed by atoms with Crippen molar-refractivity contribution >= 4 is 33.4 Å². The maximum absolute atomic E-state index is 13.5. The Bertz CT molecular complexity index is 953. The van der Waals surface area contributed by atoms with Crippen LogP contribution in [0.5, 0.6) is 5.75 Å². The minimum Gasteiger partial charge on any atom is -0.497 e. The molecule has 2 heterocycles. The van der Waals surface area contributed by atoms with E-state index in [1.165, 1.54) is 23.5 Å². The summed E-state index contributed by atoms with van der Waals surface area (Å²) in [5.41, 5.74) is 6.49. The molecule has 2 N–H and O–H groups in total. The molecule has 4 nitrogen and oxygen atoms in total. The van der Waals surface area contributed by atoms with E-state index in [1.807, 2.05) is 18.2 Å². The molecule has 23 heavy (non-hydrogen) atoms. The molecule has 0 aliphatic heterocycles. The molecule has 0 saturated carbocycles. The molecule has 0 bridgehead atoms. The van der Waals surface area contributed by atoms with Gasteiger partial charge in [-0.3, -0.25) is 0 Å². The molecule has 0 atom stereocenters. The molecule has 3 rings (SSSR count). The minimum absolute atomic E-state index is 0.133. The highest BCUT2D eigenvalue weighted by atomic mass is 32.1. The molecule has 114 valence electrons. The number of fused-ring (bicyclic) bond motifs is 1. The van der Waals surface area contributed by atoms with Crippen LogP contribution in [0.1, 0.15) is 10.6 Å². The van der Waals surface area contributed by atoms with Crippen LogP contribution in [-0.4, -0.2) is 17.1 Å². The van der Waals surface area contributed by atoms with Gasteiger partial charge in [0, 0.05) is 0 Å². The summed E-state index contributed by atoms with van der Waals surface area (Å²) in [6.07, 6.45) is 3.41. The second-order valence-corrected chi connectivity index (χ2v) is 5.63. The number of thiazole rings is 1. The van der Waals surface area contributed by atoms with E-state index in [4.69, 9.17) is 10.5 Å². The largest absolute Gasteiger partial charge is 0.497 e. The number of benzene rings is 1. The lowest BCUT2D eigenvalue weighted by atomic mass is 10.2. The lowest BCUT2D eigenvalue weighted by molar-refractivity contribution is 0.415. The van der Waals surface area contributed by atoms with Gasteiger partial charge in [-0.1, -0.05) is 11.8 Å². The van der Waals surface area contributed by atoms with Gasteiger partial charge in [-0.15, -0.1) is 11.3 Å². The standard InChI is InChI=1S/C17H12FN3OS/c1-22-12-7-8-13-14(10-12)23-16(20-13)5-3-2-4-11-6-9-15(19)21-17(11)18/h3,5-10H,1H3,(H2,19,21)/b5-3+. The fourth-order valence-corrected chi connectivity index (χ4v) is 2.79. The summed E-state index contributed by atoms with van der Waals surface area (Å²) in [6, 6.07) is 8.72. The van der Waals surface area contributed by atoms with E-state index < -0.39 is 5.95 Å². The first-order chi connectivity index (χ1) is 11.2. The van der Waals surface area contributed by atoms with Crippen LogP contribution >= 0.6 is 11.3 Å². The van der Waals surface area contributed by atoms with Crippen molar-refractivity contribution in [1.29, 1.82) is 0 Å². The Kier molecular flexibility index (Phi) is 4.22. The van der Waals surface area contributed by atoms with Crippen molar-refractivity contribution in [3.05, 3.63) is 52.9 Å². The number of hydrogen-bond acceptors (Lipinski definition) is 5. The molecule has 0 aliphatic carbocycles. The number of halogens is 1. The molecule has 3 aromatic rings.